The van der Waals surface area contributed by atoms with Crippen LogP contribution in [0.2, 0.25) is 0 Å². The van der Waals surface area contributed by atoms with Gasteiger partial charge in [0, 0.05) is 12.5 Å². The summed E-state index contributed by atoms with van der Waals surface area (Å²) in [6, 6.07) is 16.3. The van der Waals surface area contributed by atoms with Gasteiger partial charge in [0.2, 0.25) is 0 Å². The van der Waals surface area contributed by atoms with Gasteiger partial charge in [0.05, 0.1) is 0 Å². The Bertz CT molecular complexity index is 803. The molecule has 2 aromatic carbocycles. The molecule has 5 nitrogen and oxygen atoms in total. The number of ether oxygens (including phenoxy) is 1. The summed E-state index contributed by atoms with van der Waals surface area (Å²) in [6.07, 6.45) is 4.62. The lowest BCUT2D eigenvalue weighted by atomic mass is 9.98. The fourth-order valence-corrected chi connectivity index (χ4v) is 3.99. The number of hydrogen-bond acceptors (Lipinski definition) is 3. The number of aliphatic carboxylic acids is 1. The van der Waals surface area contributed by atoms with Crippen molar-refractivity contribution in [1.29, 1.82) is 0 Å². The van der Waals surface area contributed by atoms with Crippen molar-refractivity contribution >= 4 is 12.1 Å². The van der Waals surface area contributed by atoms with Crippen LogP contribution in [0.5, 0.6) is 0 Å². The van der Waals surface area contributed by atoms with Crippen LogP contribution in [0.15, 0.2) is 48.5 Å². The highest BCUT2D eigenvalue weighted by molar-refractivity contribution is 5.79. The van der Waals surface area contributed by atoms with Crippen molar-refractivity contribution < 1.29 is 19.4 Å². The van der Waals surface area contributed by atoms with Crippen molar-refractivity contribution in [3.05, 3.63) is 59.7 Å². The van der Waals surface area contributed by atoms with Crippen molar-refractivity contribution in [1.82, 2.24) is 4.90 Å². The summed E-state index contributed by atoms with van der Waals surface area (Å²) in [7, 11) is 0. The van der Waals surface area contributed by atoms with E-state index in [0.717, 1.165) is 43.2 Å². The molecule has 1 N–H and O–H groups in total. The number of carbonyl (C=O) groups excluding carboxylic acids is 1. The first-order chi connectivity index (χ1) is 14.1. The third kappa shape index (κ3) is 5.17. The van der Waals surface area contributed by atoms with E-state index in [1.807, 2.05) is 24.3 Å². The van der Waals surface area contributed by atoms with Crippen molar-refractivity contribution in [3.8, 4) is 11.1 Å². The molecular weight excluding hydrogens is 366 g/mol. The number of nitrogens with zero attached hydrogens (tertiary/aromatic N) is 1. The predicted molar refractivity (Wildman–Crippen MR) is 113 cm³/mol. The Hall–Kier alpha value is -2.82. The first-order valence-electron chi connectivity index (χ1n) is 10.4. The highest BCUT2D eigenvalue weighted by Crippen LogP contribution is 2.44. The van der Waals surface area contributed by atoms with Crippen LogP contribution >= 0.6 is 0 Å². The van der Waals surface area contributed by atoms with E-state index in [0.29, 0.717) is 6.54 Å². The van der Waals surface area contributed by atoms with Gasteiger partial charge in [-0.25, -0.2) is 4.79 Å². The molecule has 1 aliphatic carbocycles. The summed E-state index contributed by atoms with van der Waals surface area (Å²) in [5.74, 6) is -1.05. The molecule has 0 aromatic heterocycles. The summed E-state index contributed by atoms with van der Waals surface area (Å²) >= 11 is 0. The molecule has 0 spiro atoms. The topological polar surface area (TPSA) is 66.8 Å². The van der Waals surface area contributed by atoms with Crippen LogP contribution in [0.1, 0.15) is 56.1 Å². The van der Waals surface area contributed by atoms with E-state index in [1.54, 1.807) is 0 Å². The quantitative estimate of drug-likeness (QED) is 0.555. The smallest absolute Gasteiger partial charge is 0.410 e. The molecule has 0 saturated carbocycles. The molecular formula is C24H29NO4. The van der Waals surface area contributed by atoms with E-state index in [2.05, 4.69) is 31.2 Å². The molecule has 0 fully saturated rings. The Morgan fingerprint density at radius 3 is 2.10 bits per heavy atom. The van der Waals surface area contributed by atoms with Crippen LogP contribution in [0, 0.1) is 0 Å². The van der Waals surface area contributed by atoms with Gasteiger partial charge in [0.15, 0.2) is 0 Å². The lowest BCUT2D eigenvalue weighted by Gasteiger charge is -2.22. The van der Waals surface area contributed by atoms with Crippen LogP contribution in [-0.4, -0.2) is 41.8 Å². The number of hydrogen-bond donors (Lipinski definition) is 1. The van der Waals surface area contributed by atoms with Gasteiger partial charge in [-0.15, -0.1) is 0 Å². The van der Waals surface area contributed by atoms with Crippen LogP contribution in [-0.2, 0) is 9.53 Å². The third-order valence-corrected chi connectivity index (χ3v) is 5.45. The van der Waals surface area contributed by atoms with E-state index >= 15 is 0 Å². The molecule has 5 heteroatoms. The molecule has 0 saturated heterocycles. The minimum atomic E-state index is -1.02. The normalized spacial score (nSPS) is 12.3. The number of fused-ring (bicyclic) bond motifs is 3. The highest BCUT2D eigenvalue weighted by Gasteiger charge is 2.29. The second kappa shape index (κ2) is 10.1. The van der Waals surface area contributed by atoms with Gasteiger partial charge in [0.25, 0.3) is 0 Å². The fraction of sp³-hybridized carbons (Fsp3) is 0.417. The molecule has 1 amide bonds. The maximum absolute atomic E-state index is 12.6. The first kappa shape index (κ1) is 20.9. The Morgan fingerprint density at radius 2 is 1.52 bits per heavy atom. The monoisotopic (exact) mass is 395 g/mol. The zero-order valence-corrected chi connectivity index (χ0v) is 17.0. The molecule has 0 heterocycles. The summed E-state index contributed by atoms with van der Waals surface area (Å²) < 4.78 is 5.60. The summed E-state index contributed by atoms with van der Waals surface area (Å²) in [6.45, 7) is 2.43. The van der Waals surface area contributed by atoms with Crippen LogP contribution in [0.25, 0.3) is 11.1 Å². The Balaban J connectivity index is 1.64. The van der Waals surface area contributed by atoms with E-state index in [9.17, 15) is 9.59 Å². The van der Waals surface area contributed by atoms with Crippen LogP contribution in [0.4, 0.5) is 4.79 Å². The standard InChI is InChI=1S/C24H29NO4/c1-2-3-4-5-10-15-25(16-23(26)27)24(28)29-17-22-20-13-8-6-11-18(20)19-12-7-9-14-21(19)22/h6-9,11-14,22H,2-5,10,15-17H2,1H3,(H,26,27). The molecule has 0 atom stereocenters. The lowest BCUT2D eigenvalue weighted by Crippen LogP contribution is -2.37. The van der Waals surface area contributed by atoms with Gasteiger partial charge in [-0.3, -0.25) is 9.69 Å². The van der Waals surface area contributed by atoms with Crippen molar-refractivity contribution in [2.75, 3.05) is 19.7 Å². The molecule has 3 rings (SSSR count). The second-order valence-electron chi connectivity index (χ2n) is 7.53. The molecule has 0 aliphatic heterocycles. The Kier molecular flexibility index (Phi) is 7.28. The van der Waals surface area contributed by atoms with Gasteiger partial charge < -0.3 is 9.84 Å². The highest BCUT2D eigenvalue weighted by atomic mass is 16.6. The molecule has 2 aromatic rings. The number of rotatable bonds is 10. The van der Waals surface area contributed by atoms with Crippen molar-refractivity contribution in [2.45, 2.75) is 44.9 Å². The van der Waals surface area contributed by atoms with Gasteiger partial charge in [0.1, 0.15) is 13.2 Å². The number of unbranched alkanes of at least 4 members (excludes halogenated alkanes) is 4. The minimum Gasteiger partial charge on any atom is -0.480 e. The third-order valence-electron chi connectivity index (χ3n) is 5.45. The number of carboxylic acid groups (broad SMARTS) is 1. The molecule has 0 bridgehead atoms. The number of benzene rings is 2. The average molecular weight is 395 g/mol. The largest absolute Gasteiger partial charge is 0.480 e. The Morgan fingerprint density at radius 1 is 0.931 bits per heavy atom. The average Bonchev–Trinajstić information content (AvgIpc) is 3.04. The van der Waals surface area contributed by atoms with Gasteiger partial charge in [-0.1, -0.05) is 81.1 Å². The Labute approximate surface area is 172 Å². The summed E-state index contributed by atoms with van der Waals surface area (Å²) in [4.78, 5) is 25.1. The maximum atomic E-state index is 12.6. The molecule has 154 valence electrons. The number of carboxylic acids is 1. The number of carbonyl (C=O) groups is 2. The van der Waals surface area contributed by atoms with Crippen molar-refractivity contribution in [2.24, 2.45) is 0 Å². The predicted octanol–water partition coefficient (Wildman–Crippen LogP) is 5.29. The van der Waals surface area contributed by atoms with Gasteiger partial charge in [-0.2, -0.15) is 0 Å². The first-order valence-corrected chi connectivity index (χ1v) is 10.4. The zero-order valence-electron chi connectivity index (χ0n) is 17.0. The van der Waals surface area contributed by atoms with E-state index in [4.69, 9.17) is 9.84 Å². The second-order valence-corrected chi connectivity index (χ2v) is 7.53. The maximum Gasteiger partial charge on any atom is 0.410 e. The lowest BCUT2D eigenvalue weighted by molar-refractivity contribution is -0.138. The van der Waals surface area contributed by atoms with Crippen LogP contribution in [0.3, 0.4) is 0 Å². The SMILES string of the molecule is CCCCCCCN(CC(=O)O)C(=O)OCC1c2ccccc2-c2ccccc21. The van der Waals surface area contributed by atoms with Crippen LogP contribution < -0.4 is 0 Å². The molecule has 0 radical (unpaired) electrons. The van der Waals surface area contributed by atoms with Gasteiger partial charge in [-0.05, 0) is 28.7 Å². The summed E-state index contributed by atoms with van der Waals surface area (Å²) in [5.41, 5.74) is 4.63. The fourth-order valence-electron chi connectivity index (χ4n) is 3.99. The van der Waals surface area contributed by atoms with E-state index < -0.39 is 12.1 Å². The molecule has 29 heavy (non-hydrogen) atoms. The zero-order chi connectivity index (χ0) is 20.6. The van der Waals surface area contributed by atoms with Gasteiger partial charge >= 0.3 is 12.1 Å². The van der Waals surface area contributed by atoms with Crippen molar-refractivity contribution in [3.63, 3.8) is 0 Å². The minimum absolute atomic E-state index is 0.0254. The summed E-state index contributed by atoms with van der Waals surface area (Å²) in [5, 5.41) is 9.16. The van der Waals surface area contributed by atoms with E-state index in [-0.39, 0.29) is 19.1 Å². The molecule has 0 unspecified atom stereocenters. The van der Waals surface area contributed by atoms with E-state index in [1.165, 1.54) is 16.0 Å². The number of amides is 1. The molecule has 1 aliphatic rings.